The van der Waals surface area contributed by atoms with Gasteiger partial charge in [-0.1, -0.05) is 182 Å². The summed E-state index contributed by atoms with van der Waals surface area (Å²) in [6.45, 7) is 0.422. The van der Waals surface area contributed by atoms with Crippen LogP contribution in [-0.2, 0) is 115 Å². The normalized spacial score (nSPS) is 25.0. The molecule has 5 aliphatic rings. The van der Waals surface area contributed by atoms with Crippen molar-refractivity contribution in [2.75, 3.05) is 39.3 Å². The lowest BCUT2D eigenvalue weighted by molar-refractivity contribution is -0.144. The molecule has 18 N–H and O–H groups in total. The monoisotopic (exact) mass is 1780 g/mol. The van der Waals surface area contributed by atoms with Gasteiger partial charge in [0.2, 0.25) is 94.5 Å². The summed E-state index contributed by atoms with van der Waals surface area (Å²) in [5, 5.41) is 28.5. The average molecular weight is 1780 g/mol. The Bertz CT molecular complexity index is 4590. The molecule has 6 aromatic rings. The number of nitrogens with one attached hydrogen (secondary N) is 10. The highest BCUT2D eigenvalue weighted by Crippen LogP contribution is 2.28. The van der Waals surface area contributed by atoms with E-state index in [1.54, 1.807) is 182 Å². The summed E-state index contributed by atoms with van der Waals surface area (Å²) < 4.78 is 0. The van der Waals surface area contributed by atoms with Crippen molar-refractivity contribution in [1.82, 2.24) is 72.8 Å². The van der Waals surface area contributed by atoms with E-state index in [1.165, 1.54) is 19.6 Å². The van der Waals surface area contributed by atoms with Crippen LogP contribution in [0.4, 0.5) is 0 Å². The molecule has 34 nitrogen and oxygen atoms in total. The Morgan fingerprint density at radius 2 is 0.431 bits per heavy atom. The van der Waals surface area contributed by atoms with E-state index in [2.05, 4.69) is 53.2 Å². The van der Waals surface area contributed by atoms with E-state index in [0.717, 1.165) is 0 Å². The van der Waals surface area contributed by atoms with Gasteiger partial charge in [-0.05, 0) is 149 Å². The topological polar surface area (TPSA) is 510 Å². The standard InChI is InChI=1S/C96H122N18O16/c97-49-21-19-39-67-83(117)107-73(57-63-31-11-3-12-32-63)93(127)113-53-25-43-79(113)91(125)105-71(55-61-27-7-1-8-28-61)87(121)109-75(59-65-35-15-5-16-36-65)95(129)111-51-23-41-77(111)89(123)103-69(45-47-81(99)115)85(119)102-68(40-20-22-50-98)84(118)108-74(58-64-33-13-4-14-34-64)94(128)114-54-26-44-80(114)92(126)106-72(56-62-29-9-2-10-30-62)88(122)110-76(60-66-37-17-6-18-38-66)96(130)112-52-24-42-78(112)90(124)104-70(86(120)101-67)46-48-82(100)116/h1-18,27-38,67-80H,19-26,39-60,97-98H2,(H2,99,115)(H2,100,116)(H,101,120)(H,102,119)(H,103,123)(H,104,124)(H,105,125)(H,106,126)(H,107,117)(H,108,118)(H,109,121)(H,110,122)/t67-,68-,69-,70-,71+,72+,73+,74+,75-,76-,77+,78+,79?,80?/m0/s1. The Morgan fingerprint density at radius 1 is 0.246 bits per heavy atom. The lowest BCUT2D eigenvalue weighted by Gasteiger charge is -2.33. The maximum absolute atomic E-state index is 15.6. The van der Waals surface area contributed by atoms with Gasteiger partial charge in [-0.25, -0.2) is 0 Å². The molecule has 0 aromatic heterocycles. The van der Waals surface area contributed by atoms with Crippen LogP contribution in [-0.4, -0.2) is 238 Å². The molecule has 2 unspecified atom stereocenters. The van der Waals surface area contributed by atoms with E-state index in [9.17, 15) is 9.59 Å². The number of unbranched alkanes of at least 4 members (excludes halogenated alkanes) is 2. The molecule has 5 fully saturated rings. The molecule has 5 saturated heterocycles. The van der Waals surface area contributed by atoms with Gasteiger partial charge in [-0.2, -0.15) is 0 Å². The number of hydrogen-bond acceptors (Lipinski definition) is 18. The van der Waals surface area contributed by atoms with Crippen molar-refractivity contribution in [3.8, 4) is 0 Å². The Kier molecular flexibility index (Phi) is 36.5. The second-order valence-corrected chi connectivity index (χ2v) is 34.1. The fourth-order valence-corrected chi connectivity index (χ4v) is 17.7. The first kappa shape index (κ1) is 97.4. The van der Waals surface area contributed by atoms with Crippen LogP contribution in [0.25, 0.3) is 0 Å². The van der Waals surface area contributed by atoms with Crippen LogP contribution in [0.3, 0.4) is 0 Å². The van der Waals surface area contributed by atoms with Crippen LogP contribution >= 0.6 is 0 Å². The largest absolute Gasteiger partial charge is 0.370 e. The minimum atomic E-state index is -1.57. The summed E-state index contributed by atoms with van der Waals surface area (Å²) in [6, 6.07) is 32.9. The highest BCUT2D eigenvalue weighted by Gasteiger charge is 2.47. The number of nitrogens with zero attached hydrogens (tertiary/aromatic N) is 4. The Balaban J connectivity index is 0.960. The zero-order valence-electron chi connectivity index (χ0n) is 73.2. The van der Waals surface area contributed by atoms with E-state index >= 15 is 67.1 Å². The van der Waals surface area contributed by atoms with Gasteiger partial charge in [0.25, 0.3) is 0 Å². The molecule has 0 aliphatic carbocycles. The maximum atomic E-state index is 15.6. The van der Waals surface area contributed by atoms with Crippen LogP contribution in [0.1, 0.15) is 149 Å². The van der Waals surface area contributed by atoms with Crippen molar-refractivity contribution in [3.05, 3.63) is 215 Å². The summed E-state index contributed by atoms with van der Waals surface area (Å²) in [5.41, 5.74) is 27.0. The molecule has 130 heavy (non-hydrogen) atoms. The number of amides is 16. The first-order chi connectivity index (χ1) is 62.8. The highest BCUT2D eigenvalue weighted by atomic mass is 16.2. The van der Waals surface area contributed by atoms with Crippen LogP contribution in [0.2, 0.25) is 0 Å². The van der Waals surface area contributed by atoms with Crippen molar-refractivity contribution in [1.29, 1.82) is 0 Å². The van der Waals surface area contributed by atoms with Crippen LogP contribution in [0.15, 0.2) is 182 Å². The third-order valence-corrected chi connectivity index (χ3v) is 24.6. The van der Waals surface area contributed by atoms with Gasteiger partial charge >= 0.3 is 0 Å². The minimum absolute atomic E-state index is 0.000666. The average Bonchev–Trinajstić information content (AvgIpc) is 1.62. The number of primary amides is 2. The van der Waals surface area contributed by atoms with E-state index in [4.69, 9.17) is 22.9 Å². The molecule has 16 amide bonds. The molecule has 34 heteroatoms. The SMILES string of the molecule is NCCCC[C@@H]1NC(=O)[C@H](CCC(N)=O)NC(=O)[C@H]2CCCN2C(=O)[C@H](Cc2ccccc2)NC(=O)[C@@H](Cc2ccccc2)NC(=O)C2CCCN2C(=O)[C@@H](Cc2ccccc2)NC(=O)[C@H](CCCCN)NC(=O)[C@H](CCC(N)=O)NC(=O)[C@H]2CCCN2C(=O)[C@H](Cc2ccccc2)NC(=O)[C@@H](Cc2ccccc2)NC(=O)C2CCCN2C(=O)[C@@H](Cc2ccccc2)NC1=O. The van der Waals surface area contributed by atoms with Crippen LogP contribution in [0.5, 0.6) is 0 Å². The van der Waals surface area contributed by atoms with Gasteiger partial charge in [0, 0.05) is 77.5 Å². The summed E-state index contributed by atoms with van der Waals surface area (Å²) in [5.74, 6) is -12.8. The molecule has 14 atom stereocenters. The van der Waals surface area contributed by atoms with Crippen molar-refractivity contribution < 1.29 is 76.7 Å². The van der Waals surface area contributed by atoms with E-state index < -0.39 is 192 Å². The van der Waals surface area contributed by atoms with E-state index in [-0.39, 0.29) is 155 Å². The van der Waals surface area contributed by atoms with Gasteiger partial charge in [-0.3, -0.25) is 76.7 Å². The first-order valence-electron chi connectivity index (χ1n) is 45.3. The van der Waals surface area contributed by atoms with Gasteiger partial charge in [-0.15, -0.1) is 0 Å². The highest BCUT2D eigenvalue weighted by molar-refractivity contribution is 6.02. The fourth-order valence-electron chi connectivity index (χ4n) is 17.7. The zero-order chi connectivity index (χ0) is 92.6. The molecular weight excluding hydrogens is 1660 g/mol. The Hall–Kier alpha value is -13.2. The number of carbonyl (C=O) groups excluding carboxylic acids is 16. The van der Waals surface area contributed by atoms with Gasteiger partial charge in [0.05, 0.1) is 0 Å². The predicted molar refractivity (Wildman–Crippen MR) is 482 cm³/mol. The summed E-state index contributed by atoms with van der Waals surface area (Å²) in [6.07, 6.45) is 0.343. The molecular formula is C96H122N18O16. The summed E-state index contributed by atoms with van der Waals surface area (Å²) in [7, 11) is 0. The molecule has 6 aromatic carbocycles. The van der Waals surface area contributed by atoms with Crippen molar-refractivity contribution >= 4 is 94.5 Å². The molecule has 0 bridgehead atoms. The van der Waals surface area contributed by atoms with Gasteiger partial charge in [0.15, 0.2) is 0 Å². The predicted octanol–water partition coefficient (Wildman–Crippen LogP) is 1.06. The molecule has 11 rings (SSSR count). The third-order valence-electron chi connectivity index (χ3n) is 24.6. The number of rotatable bonds is 26. The molecule has 0 radical (unpaired) electrons. The second kappa shape index (κ2) is 48.8. The maximum Gasteiger partial charge on any atom is 0.246 e. The number of fused-ring (bicyclic) bond motifs is 4. The van der Waals surface area contributed by atoms with Crippen molar-refractivity contribution in [2.45, 2.75) is 239 Å². The number of nitrogens with two attached hydrogens (primary N) is 4. The number of benzene rings is 6. The number of hydrogen-bond donors (Lipinski definition) is 14. The van der Waals surface area contributed by atoms with Crippen LogP contribution < -0.4 is 76.1 Å². The van der Waals surface area contributed by atoms with Gasteiger partial charge < -0.3 is 95.7 Å². The van der Waals surface area contributed by atoms with E-state index in [0.29, 0.717) is 59.1 Å². The lowest BCUT2D eigenvalue weighted by Crippen LogP contribution is -2.61. The van der Waals surface area contributed by atoms with Crippen LogP contribution in [0, 0.1) is 0 Å². The molecule has 0 saturated carbocycles. The van der Waals surface area contributed by atoms with Crippen molar-refractivity contribution in [3.63, 3.8) is 0 Å². The number of carbonyl (C=O) groups is 16. The summed E-state index contributed by atoms with van der Waals surface area (Å²) >= 11 is 0. The fraction of sp³-hybridized carbons (Fsp3) is 0.458. The molecule has 5 aliphatic heterocycles. The van der Waals surface area contributed by atoms with Crippen molar-refractivity contribution in [2.24, 2.45) is 22.9 Å². The quantitative estimate of drug-likeness (QED) is 0.0338. The Labute approximate surface area is 756 Å². The molecule has 5 heterocycles. The third kappa shape index (κ3) is 27.9. The Morgan fingerprint density at radius 3 is 0.646 bits per heavy atom. The van der Waals surface area contributed by atoms with Gasteiger partial charge in [0.1, 0.15) is 84.6 Å². The molecule has 0 spiro atoms. The summed E-state index contributed by atoms with van der Waals surface area (Å²) in [4.78, 5) is 245. The minimum Gasteiger partial charge on any atom is -0.370 e. The smallest absolute Gasteiger partial charge is 0.246 e. The van der Waals surface area contributed by atoms with E-state index in [1.807, 2.05) is 0 Å². The first-order valence-corrected chi connectivity index (χ1v) is 45.3. The zero-order valence-corrected chi connectivity index (χ0v) is 73.2. The molecule has 692 valence electrons. The lowest BCUT2D eigenvalue weighted by atomic mass is 10.0. The second-order valence-electron chi connectivity index (χ2n) is 34.1.